The molecule has 3 unspecified atom stereocenters. The van der Waals surface area contributed by atoms with Crippen LogP contribution in [0.5, 0.6) is 0 Å². The third-order valence-electron chi connectivity index (χ3n) is 5.15. The van der Waals surface area contributed by atoms with Gasteiger partial charge in [-0.15, -0.1) is 0 Å². The Morgan fingerprint density at radius 3 is 2.89 bits per heavy atom. The van der Waals surface area contributed by atoms with Gasteiger partial charge in [-0.05, 0) is 49.4 Å². The van der Waals surface area contributed by atoms with E-state index < -0.39 is 0 Å². The van der Waals surface area contributed by atoms with E-state index in [1.165, 1.54) is 43.7 Å². The van der Waals surface area contributed by atoms with Gasteiger partial charge in [0.1, 0.15) is 0 Å². The Bertz CT molecular complexity index is 429. The summed E-state index contributed by atoms with van der Waals surface area (Å²) in [6.07, 6.45) is 2.67. The van der Waals surface area contributed by atoms with Crippen molar-refractivity contribution in [2.24, 2.45) is 11.8 Å². The topological polar surface area (TPSA) is 15.3 Å². The molecule has 1 N–H and O–H groups in total. The van der Waals surface area contributed by atoms with Crippen LogP contribution in [-0.2, 0) is 0 Å². The Hall–Kier alpha value is -1.02. The standard InChI is InChI=1S/C17H26N2/c1-13-7-9-19(12-14(13)2)10-8-15-11-18-17-6-4-3-5-16(15)17/h3-6,13-15,18H,7-12H2,1-2H3. The molecule has 2 aliphatic heterocycles. The first-order chi connectivity index (χ1) is 9.24. The second-order valence-electron chi connectivity index (χ2n) is 6.50. The Balaban J connectivity index is 1.54. The summed E-state index contributed by atoms with van der Waals surface area (Å²) in [6, 6.07) is 8.80. The van der Waals surface area contributed by atoms with Gasteiger partial charge in [-0.1, -0.05) is 32.0 Å². The molecule has 3 rings (SSSR count). The fourth-order valence-electron chi connectivity index (χ4n) is 3.51. The number of nitrogens with one attached hydrogen (secondary N) is 1. The summed E-state index contributed by atoms with van der Waals surface area (Å²) >= 11 is 0. The van der Waals surface area contributed by atoms with Crippen LogP contribution in [0, 0.1) is 11.8 Å². The average molecular weight is 258 g/mol. The monoisotopic (exact) mass is 258 g/mol. The van der Waals surface area contributed by atoms with Crippen molar-refractivity contribution in [1.82, 2.24) is 4.90 Å². The van der Waals surface area contributed by atoms with Crippen molar-refractivity contribution in [3.8, 4) is 0 Å². The van der Waals surface area contributed by atoms with Gasteiger partial charge in [0.15, 0.2) is 0 Å². The lowest BCUT2D eigenvalue weighted by atomic mass is 9.88. The van der Waals surface area contributed by atoms with Crippen LogP contribution in [0.2, 0.25) is 0 Å². The molecule has 0 radical (unpaired) electrons. The van der Waals surface area contributed by atoms with E-state index in [0.717, 1.165) is 18.4 Å². The van der Waals surface area contributed by atoms with Crippen molar-refractivity contribution in [1.29, 1.82) is 0 Å². The number of nitrogens with zero attached hydrogens (tertiary/aromatic N) is 1. The van der Waals surface area contributed by atoms with Crippen LogP contribution in [0.1, 0.15) is 38.2 Å². The highest BCUT2D eigenvalue weighted by Gasteiger charge is 2.25. The van der Waals surface area contributed by atoms with Gasteiger partial charge in [0, 0.05) is 24.7 Å². The first-order valence-corrected chi connectivity index (χ1v) is 7.79. The normalized spacial score (nSPS) is 30.9. The van der Waals surface area contributed by atoms with Gasteiger partial charge in [0.25, 0.3) is 0 Å². The highest BCUT2D eigenvalue weighted by Crippen LogP contribution is 2.33. The summed E-state index contributed by atoms with van der Waals surface area (Å²) in [4.78, 5) is 2.67. The second-order valence-corrected chi connectivity index (χ2v) is 6.50. The Morgan fingerprint density at radius 2 is 2.05 bits per heavy atom. The molecule has 19 heavy (non-hydrogen) atoms. The van der Waals surface area contributed by atoms with Crippen molar-refractivity contribution in [3.05, 3.63) is 29.8 Å². The highest BCUT2D eigenvalue weighted by atomic mass is 15.1. The van der Waals surface area contributed by atoms with Gasteiger partial charge in [0.05, 0.1) is 0 Å². The maximum Gasteiger partial charge on any atom is 0.0376 e. The summed E-state index contributed by atoms with van der Waals surface area (Å²) < 4.78 is 0. The lowest BCUT2D eigenvalue weighted by molar-refractivity contribution is 0.135. The second kappa shape index (κ2) is 5.54. The van der Waals surface area contributed by atoms with Crippen LogP contribution in [-0.4, -0.2) is 31.1 Å². The molecule has 2 heterocycles. The van der Waals surface area contributed by atoms with Gasteiger partial charge in [-0.25, -0.2) is 0 Å². The zero-order valence-corrected chi connectivity index (χ0v) is 12.2. The lowest BCUT2D eigenvalue weighted by Crippen LogP contribution is -2.39. The molecule has 0 spiro atoms. The molecule has 1 aromatic carbocycles. The van der Waals surface area contributed by atoms with Crippen molar-refractivity contribution in [2.45, 2.75) is 32.6 Å². The molecule has 1 fully saturated rings. The first-order valence-electron chi connectivity index (χ1n) is 7.79. The van der Waals surface area contributed by atoms with E-state index in [4.69, 9.17) is 0 Å². The van der Waals surface area contributed by atoms with Crippen molar-refractivity contribution in [2.75, 3.05) is 31.5 Å². The molecule has 0 saturated carbocycles. The van der Waals surface area contributed by atoms with Crippen LogP contribution < -0.4 is 5.32 Å². The number of likely N-dealkylation sites (tertiary alicyclic amines) is 1. The number of piperidine rings is 1. The van der Waals surface area contributed by atoms with Gasteiger partial charge in [-0.3, -0.25) is 0 Å². The number of hydrogen-bond acceptors (Lipinski definition) is 2. The van der Waals surface area contributed by atoms with Gasteiger partial charge < -0.3 is 10.2 Å². The number of benzene rings is 1. The minimum absolute atomic E-state index is 0.714. The fourth-order valence-corrected chi connectivity index (χ4v) is 3.51. The van der Waals surface area contributed by atoms with E-state index in [0.29, 0.717) is 5.92 Å². The maximum atomic E-state index is 3.54. The van der Waals surface area contributed by atoms with Crippen LogP contribution in [0.15, 0.2) is 24.3 Å². The summed E-state index contributed by atoms with van der Waals surface area (Å²) in [5, 5.41) is 3.54. The molecular formula is C17H26N2. The van der Waals surface area contributed by atoms with Crippen molar-refractivity contribution in [3.63, 3.8) is 0 Å². The Kier molecular flexibility index (Phi) is 3.79. The Labute approximate surface area is 117 Å². The fraction of sp³-hybridized carbons (Fsp3) is 0.647. The van der Waals surface area contributed by atoms with Crippen LogP contribution >= 0.6 is 0 Å². The number of anilines is 1. The zero-order valence-electron chi connectivity index (χ0n) is 12.2. The largest absolute Gasteiger partial charge is 0.384 e. The quantitative estimate of drug-likeness (QED) is 0.891. The maximum absolute atomic E-state index is 3.54. The molecule has 2 nitrogen and oxygen atoms in total. The average Bonchev–Trinajstić information content (AvgIpc) is 2.83. The van der Waals surface area contributed by atoms with Crippen LogP contribution in [0.25, 0.3) is 0 Å². The van der Waals surface area contributed by atoms with Crippen LogP contribution in [0.4, 0.5) is 5.69 Å². The van der Waals surface area contributed by atoms with Crippen LogP contribution in [0.3, 0.4) is 0 Å². The molecule has 3 atom stereocenters. The summed E-state index contributed by atoms with van der Waals surface area (Å²) in [5.74, 6) is 2.48. The van der Waals surface area contributed by atoms with E-state index in [-0.39, 0.29) is 0 Å². The predicted octanol–water partition coefficient (Wildman–Crippen LogP) is 3.56. The smallest absolute Gasteiger partial charge is 0.0376 e. The van der Waals surface area contributed by atoms with E-state index in [9.17, 15) is 0 Å². The van der Waals surface area contributed by atoms with E-state index >= 15 is 0 Å². The molecule has 2 heteroatoms. The van der Waals surface area contributed by atoms with Gasteiger partial charge in [-0.2, -0.15) is 0 Å². The summed E-state index contributed by atoms with van der Waals surface area (Å²) in [6.45, 7) is 9.79. The molecule has 0 bridgehead atoms. The molecular weight excluding hydrogens is 232 g/mol. The molecule has 2 aliphatic rings. The first kappa shape index (κ1) is 13.0. The Morgan fingerprint density at radius 1 is 1.21 bits per heavy atom. The van der Waals surface area contributed by atoms with E-state index in [1.807, 2.05) is 0 Å². The van der Waals surface area contributed by atoms with E-state index in [1.54, 1.807) is 0 Å². The molecule has 1 saturated heterocycles. The number of para-hydroxylation sites is 1. The minimum Gasteiger partial charge on any atom is -0.384 e. The SMILES string of the molecule is CC1CCN(CCC2CNc3ccccc32)CC1C. The van der Waals surface area contributed by atoms with E-state index in [2.05, 4.69) is 48.3 Å². The summed E-state index contributed by atoms with van der Waals surface area (Å²) in [7, 11) is 0. The molecule has 0 aromatic heterocycles. The third-order valence-corrected chi connectivity index (χ3v) is 5.15. The zero-order chi connectivity index (χ0) is 13.2. The van der Waals surface area contributed by atoms with Crippen molar-refractivity contribution >= 4 is 5.69 Å². The van der Waals surface area contributed by atoms with Gasteiger partial charge >= 0.3 is 0 Å². The number of rotatable bonds is 3. The van der Waals surface area contributed by atoms with Gasteiger partial charge in [0.2, 0.25) is 0 Å². The lowest BCUT2D eigenvalue weighted by Gasteiger charge is -2.35. The minimum atomic E-state index is 0.714. The molecule has 104 valence electrons. The number of fused-ring (bicyclic) bond motifs is 1. The molecule has 0 aliphatic carbocycles. The number of hydrogen-bond donors (Lipinski definition) is 1. The highest BCUT2D eigenvalue weighted by molar-refractivity contribution is 5.57. The predicted molar refractivity (Wildman–Crippen MR) is 81.7 cm³/mol. The summed E-state index contributed by atoms with van der Waals surface area (Å²) in [5.41, 5.74) is 2.88. The molecule has 1 aromatic rings. The third kappa shape index (κ3) is 2.79. The molecule has 0 amide bonds. The van der Waals surface area contributed by atoms with Crippen molar-refractivity contribution < 1.29 is 0 Å².